The molecule has 7 nitrogen and oxygen atoms in total. The van der Waals surface area contributed by atoms with E-state index in [0.29, 0.717) is 25.3 Å². The van der Waals surface area contributed by atoms with E-state index in [9.17, 15) is 14.4 Å². The van der Waals surface area contributed by atoms with Crippen molar-refractivity contribution in [1.29, 1.82) is 0 Å². The van der Waals surface area contributed by atoms with E-state index in [1.807, 2.05) is 18.2 Å². The predicted octanol–water partition coefficient (Wildman–Crippen LogP) is -1.14. The Morgan fingerprint density at radius 1 is 1.39 bits per heavy atom. The molecule has 0 spiro atoms. The van der Waals surface area contributed by atoms with Crippen molar-refractivity contribution < 1.29 is 19.3 Å². The van der Waals surface area contributed by atoms with Crippen molar-refractivity contribution >= 4 is 39.3 Å². The van der Waals surface area contributed by atoms with Crippen LogP contribution in [0.15, 0.2) is 28.7 Å². The maximum absolute atomic E-state index is 12.2. The number of carbonyl (C=O) groups is 3. The molecule has 1 aromatic carbocycles. The Balaban J connectivity index is 1.82. The lowest BCUT2D eigenvalue weighted by Gasteiger charge is -2.25. The van der Waals surface area contributed by atoms with Crippen LogP contribution in [0.5, 0.6) is 0 Å². The van der Waals surface area contributed by atoms with E-state index in [-0.39, 0.29) is 30.8 Å². The molecule has 1 heterocycles. The second kappa shape index (κ2) is 8.07. The zero-order valence-corrected chi connectivity index (χ0v) is 14.5. The first-order valence-electron chi connectivity index (χ1n) is 7.34. The first-order valence-corrected chi connectivity index (χ1v) is 8.13. The van der Waals surface area contributed by atoms with Crippen LogP contribution >= 0.6 is 15.9 Å². The molecule has 1 aliphatic rings. The third kappa shape index (κ3) is 5.33. The molecule has 0 bridgehead atoms. The standard InChI is InChI=1S/C15H19BrN4O3/c1-19(15(23)10-20-7-6-17-13(21)9-20)8-14(22)18-12-5-3-2-4-11(12)16/h2-5H,6-10H2,1H3,(H,17,21)(H,18,22)/p+1. The summed E-state index contributed by atoms with van der Waals surface area (Å²) in [6.45, 7) is 1.77. The Morgan fingerprint density at radius 2 is 2.13 bits per heavy atom. The lowest BCUT2D eigenvalue weighted by molar-refractivity contribution is -0.885. The highest BCUT2D eigenvalue weighted by molar-refractivity contribution is 9.10. The van der Waals surface area contributed by atoms with Gasteiger partial charge in [0.15, 0.2) is 13.1 Å². The summed E-state index contributed by atoms with van der Waals surface area (Å²) in [7, 11) is 1.59. The van der Waals surface area contributed by atoms with E-state index in [1.54, 1.807) is 13.1 Å². The number of piperazine rings is 1. The molecule has 1 unspecified atom stereocenters. The number of anilines is 1. The molecule has 0 aliphatic carbocycles. The minimum absolute atomic E-state index is 0.0281. The maximum Gasteiger partial charge on any atom is 0.277 e. The normalized spacial score (nSPS) is 17.3. The molecule has 3 N–H and O–H groups in total. The fraction of sp³-hybridized carbons (Fsp3) is 0.400. The van der Waals surface area contributed by atoms with E-state index in [4.69, 9.17) is 0 Å². The van der Waals surface area contributed by atoms with E-state index in [2.05, 4.69) is 26.6 Å². The Hall–Kier alpha value is -1.93. The van der Waals surface area contributed by atoms with E-state index >= 15 is 0 Å². The minimum atomic E-state index is -0.265. The molecule has 3 amide bonds. The number of hydrogen-bond acceptors (Lipinski definition) is 3. The van der Waals surface area contributed by atoms with Crippen molar-refractivity contribution in [2.24, 2.45) is 0 Å². The lowest BCUT2D eigenvalue weighted by atomic mass is 10.3. The van der Waals surface area contributed by atoms with Gasteiger partial charge in [-0.15, -0.1) is 0 Å². The summed E-state index contributed by atoms with van der Waals surface area (Å²) in [5, 5.41) is 5.48. The first-order chi connectivity index (χ1) is 11.0. The molecule has 1 atom stereocenters. The molecule has 1 fully saturated rings. The molecule has 0 saturated carbocycles. The van der Waals surface area contributed by atoms with Gasteiger partial charge in [-0.25, -0.2) is 0 Å². The van der Waals surface area contributed by atoms with Crippen LogP contribution in [0.3, 0.4) is 0 Å². The van der Waals surface area contributed by atoms with E-state index in [0.717, 1.165) is 9.37 Å². The van der Waals surface area contributed by atoms with Gasteiger partial charge in [0.1, 0.15) is 0 Å². The van der Waals surface area contributed by atoms with Gasteiger partial charge >= 0.3 is 0 Å². The number of halogens is 1. The SMILES string of the molecule is CN(CC(=O)Nc1ccccc1Br)C(=O)C[NH+]1CCNC(=O)C1. The molecular formula is C15H20BrN4O3+. The van der Waals surface area contributed by atoms with Gasteiger partial charge in [-0.3, -0.25) is 14.4 Å². The molecule has 0 radical (unpaired) electrons. The topological polar surface area (TPSA) is 82.9 Å². The fourth-order valence-electron chi connectivity index (χ4n) is 2.31. The summed E-state index contributed by atoms with van der Waals surface area (Å²) >= 11 is 3.35. The number of rotatable bonds is 5. The van der Waals surface area contributed by atoms with Gasteiger partial charge in [0, 0.05) is 11.5 Å². The summed E-state index contributed by atoms with van der Waals surface area (Å²) in [6.07, 6.45) is 0. The van der Waals surface area contributed by atoms with Gasteiger partial charge in [-0.1, -0.05) is 12.1 Å². The Bertz CT molecular complexity index is 608. The number of carbonyl (C=O) groups excluding carboxylic acids is 3. The van der Waals surface area contributed by atoms with Crippen molar-refractivity contribution in [3.8, 4) is 0 Å². The Kier molecular flexibility index (Phi) is 6.12. The highest BCUT2D eigenvalue weighted by Crippen LogP contribution is 2.20. The van der Waals surface area contributed by atoms with Crippen molar-refractivity contribution in [2.75, 3.05) is 45.1 Å². The third-order valence-corrected chi connectivity index (χ3v) is 4.26. The molecule has 2 rings (SSSR count). The van der Waals surface area contributed by atoms with Crippen molar-refractivity contribution in [3.63, 3.8) is 0 Å². The molecule has 124 valence electrons. The van der Waals surface area contributed by atoms with Crippen LogP contribution in [0.2, 0.25) is 0 Å². The van der Waals surface area contributed by atoms with Gasteiger partial charge in [0.25, 0.3) is 11.8 Å². The average Bonchev–Trinajstić information content (AvgIpc) is 2.49. The average molecular weight is 384 g/mol. The summed E-state index contributed by atoms with van der Waals surface area (Å²) in [5.74, 6) is -0.468. The molecule has 1 aromatic rings. The number of hydrogen-bond donors (Lipinski definition) is 3. The van der Waals surface area contributed by atoms with E-state index in [1.165, 1.54) is 4.90 Å². The molecular weight excluding hydrogens is 364 g/mol. The largest absolute Gasteiger partial charge is 0.346 e. The van der Waals surface area contributed by atoms with Gasteiger partial charge < -0.3 is 20.4 Å². The lowest BCUT2D eigenvalue weighted by Crippen LogP contribution is -3.16. The quantitative estimate of drug-likeness (QED) is 0.601. The summed E-state index contributed by atoms with van der Waals surface area (Å²) in [4.78, 5) is 37.8. The molecule has 0 aromatic heterocycles. The second-order valence-corrected chi connectivity index (χ2v) is 6.34. The number of amides is 3. The number of benzene rings is 1. The molecule has 1 saturated heterocycles. The number of nitrogens with one attached hydrogen (secondary N) is 3. The zero-order chi connectivity index (χ0) is 16.8. The smallest absolute Gasteiger partial charge is 0.277 e. The van der Waals surface area contributed by atoms with Crippen LogP contribution in [0.4, 0.5) is 5.69 Å². The van der Waals surface area contributed by atoms with E-state index < -0.39 is 0 Å². The zero-order valence-electron chi connectivity index (χ0n) is 12.9. The van der Waals surface area contributed by atoms with Crippen LogP contribution in [-0.4, -0.2) is 62.4 Å². The summed E-state index contributed by atoms with van der Waals surface area (Å²) in [5.41, 5.74) is 0.664. The monoisotopic (exact) mass is 383 g/mol. The number of likely N-dealkylation sites (N-methyl/N-ethyl adjacent to an activating group) is 1. The predicted molar refractivity (Wildman–Crippen MR) is 89.0 cm³/mol. The van der Waals surface area contributed by atoms with Gasteiger partial charge in [0.05, 0.1) is 25.3 Å². The summed E-state index contributed by atoms with van der Waals surface area (Å²) < 4.78 is 0.783. The van der Waals surface area contributed by atoms with Crippen molar-refractivity contribution in [1.82, 2.24) is 10.2 Å². The van der Waals surface area contributed by atoms with Crippen LogP contribution in [0.25, 0.3) is 0 Å². The Morgan fingerprint density at radius 3 is 2.83 bits per heavy atom. The highest BCUT2D eigenvalue weighted by Gasteiger charge is 2.24. The van der Waals surface area contributed by atoms with Gasteiger partial charge in [-0.05, 0) is 28.1 Å². The maximum atomic E-state index is 12.2. The van der Waals surface area contributed by atoms with Gasteiger partial charge in [0.2, 0.25) is 5.91 Å². The van der Waals surface area contributed by atoms with Crippen LogP contribution in [-0.2, 0) is 14.4 Å². The van der Waals surface area contributed by atoms with Crippen molar-refractivity contribution in [2.45, 2.75) is 0 Å². The van der Waals surface area contributed by atoms with Crippen LogP contribution < -0.4 is 15.5 Å². The molecule has 8 heteroatoms. The van der Waals surface area contributed by atoms with Crippen LogP contribution in [0.1, 0.15) is 0 Å². The highest BCUT2D eigenvalue weighted by atomic mass is 79.9. The Labute approximate surface area is 143 Å². The van der Waals surface area contributed by atoms with Crippen LogP contribution in [0, 0.1) is 0 Å². The first kappa shape index (κ1) is 17.4. The number of quaternary nitrogens is 1. The number of para-hydroxylation sites is 1. The molecule has 1 aliphatic heterocycles. The summed E-state index contributed by atoms with van der Waals surface area (Å²) in [6, 6.07) is 7.28. The molecule has 23 heavy (non-hydrogen) atoms. The number of nitrogens with zero attached hydrogens (tertiary/aromatic N) is 1. The fourth-order valence-corrected chi connectivity index (χ4v) is 2.70. The van der Waals surface area contributed by atoms with Crippen molar-refractivity contribution in [3.05, 3.63) is 28.7 Å². The van der Waals surface area contributed by atoms with Gasteiger partial charge in [-0.2, -0.15) is 0 Å². The minimum Gasteiger partial charge on any atom is -0.346 e. The third-order valence-electron chi connectivity index (χ3n) is 3.57. The second-order valence-electron chi connectivity index (χ2n) is 5.48.